The number of halogens is 1. The molecule has 1 saturated heterocycles. The second-order valence-electron chi connectivity index (χ2n) is 7.16. The average molecular weight is 381 g/mol. The van der Waals surface area contributed by atoms with Crippen molar-refractivity contribution in [3.05, 3.63) is 34.9 Å². The first-order valence-electron chi connectivity index (χ1n) is 9.15. The summed E-state index contributed by atoms with van der Waals surface area (Å²) in [5, 5.41) is 5.86. The van der Waals surface area contributed by atoms with Gasteiger partial charge in [-0.1, -0.05) is 43.6 Å². The molecule has 1 heterocycles. The van der Waals surface area contributed by atoms with Crippen molar-refractivity contribution in [2.45, 2.75) is 26.8 Å². The zero-order chi connectivity index (χ0) is 19.1. The Kier molecular flexibility index (Phi) is 7.87. The number of urea groups is 1. The van der Waals surface area contributed by atoms with E-state index in [2.05, 4.69) is 33.4 Å². The van der Waals surface area contributed by atoms with Gasteiger partial charge in [0, 0.05) is 43.8 Å². The minimum absolute atomic E-state index is 0.237. The fourth-order valence-electron chi connectivity index (χ4n) is 3.03. The van der Waals surface area contributed by atoms with Crippen LogP contribution in [0.1, 0.15) is 32.4 Å². The Morgan fingerprint density at radius 1 is 1.12 bits per heavy atom. The van der Waals surface area contributed by atoms with E-state index in [0.717, 1.165) is 36.8 Å². The average Bonchev–Trinajstić information content (AvgIpc) is 2.60. The highest BCUT2D eigenvalue weighted by Gasteiger charge is 2.24. The van der Waals surface area contributed by atoms with E-state index in [1.807, 2.05) is 32.0 Å². The molecule has 2 rings (SSSR count). The third kappa shape index (κ3) is 6.27. The maximum Gasteiger partial charge on any atom is 0.321 e. The van der Waals surface area contributed by atoms with Gasteiger partial charge in [0.25, 0.3) is 0 Å². The van der Waals surface area contributed by atoms with Crippen molar-refractivity contribution in [3.8, 4) is 0 Å². The maximum absolute atomic E-state index is 12.0. The fraction of sp³-hybridized carbons (Fsp3) is 0.579. The summed E-state index contributed by atoms with van der Waals surface area (Å²) < 4.78 is 0. The van der Waals surface area contributed by atoms with E-state index in [1.54, 1.807) is 0 Å². The van der Waals surface area contributed by atoms with E-state index in [-0.39, 0.29) is 18.5 Å². The normalized spacial score (nSPS) is 17.1. The van der Waals surface area contributed by atoms with Crippen molar-refractivity contribution in [1.29, 1.82) is 0 Å². The summed E-state index contributed by atoms with van der Waals surface area (Å²) in [5.74, 6) is 0.0860. The van der Waals surface area contributed by atoms with Crippen molar-refractivity contribution in [1.82, 2.24) is 20.4 Å². The van der Waals surface area contributed by atoms with E-state index < -0.39 is 6.03 Å². The Balaban J connectivity index is 1.75. The van der Waals surface area contributed by atoms with Gasteiger partial charge in [-0.3, -0.25) is 19.9 Å². The van der Waals surface area contributed by atoms with Gasteiger partial charge in [-0.2, -0.15) is 0 Å². The zero-order valence-electron chi connectivity index (χ0n) is 15.8. The zero-order valence-corrected chi connectivity index (χ0v) is 16.6. The van der Waals surface area contributed by atoms with Gasteiger partial charge < -0.3 is 5.32 Å². The summed E-state index contributed by atoms with van der Waals surface area (Å²) in [7, 11) is 0. The first-order chi connectivity index (χ1) is 12.4. The topological polar surface area (TPSA) is 64.7 Å². The van der Waals surface area contributed by atoms with Gasteiger partial charge in [0.15, 0.2) is 0 Å². The summed E-state index contributed by atoms with van der Waals surface area (Å²) in [4.78, 5) is 28.1. The molecule has 1 unspecified atom stereocenters. The molecule has 26 heavy (non-hydrogen) atoms. The standard InChI is InChI=1S/C19H29ClN4O2/c1-14(2)12-21-19(26)22-18(25)13-23-8-10-24(11-9-23)15(3)16-6-4-5-7-17(16)20/h4-7,14-15H,8-13H2,1-3H3,(H2,21,22,25,26). The molecule has 144 valence electrons. The minimum atomic E-state index is -0.422. The van der Waals surface area contributed by atoms with Gasteiger partial charge in [-0.05, 0) is 24.5 Å². The molecular formula is C19H29ClN4O2. The number of carbonyl (C=O) groups excluding carboxylic acids is 2. The number of nitrogens with one attached hydrogen (secondary N) is 2. The van der Waals surface area contributed by atoms with Crippen LogP contribution in [0.2, 0.25) is 5.02 Å². The van der Waals surface area contributed by atoms with Crippen LogP contribution in [0.4, 0.5) is 4.79 Å². The number of carbonyl (C=O) groups is 2. The summed E-state index contributed by atoms with van der Waals surface area (Å²) >= 11 is 6.30. The Morgan fingerprint density at radius 3 is 2.38 bits per heavy atom. The van der Waals surface area contributed by atoms with Gasteiger partial charge >= 0.3 is 6.03 Å². The summed E-state index contributed by atoms with van der Waals surface area (Å²) in [6.45, 7) is 10.3. The molecule has 3 amide bonds. The lowest BCUT2D eigenvalue weighted by Gasteiger charge is -2.38. The van der Waals surface area contributed by atoms with E-state index in [0.29, 0.717) is 12.5 Å². The fourth-order valence-corrected chi connectivity index (χ4v) is 3.32. The van der Waals surface area contributed by atoms with Crippen LogP contribution in [0, 0.1) is 5.92 Å². The van der Waals surface area contributed by atoms with Gasteiger partial charge in [-0.15, -0.1) is 0 Å². The molecule has 6 nitrogen and oxygen atoms in total. The molecule has 0 spiro atoms. The molecule has 1 aliphatic heterocycles. The third-order valence-electron chi connectivity index (χ3n) is 4.60. The molecule has 0 saturated carbocycles. The van der Waals surface area contributed by atoms with Crippen LogP contribution in [-0.4, -0.2) is 61.0 Å². The second kappa shape index (κ2) is 9.90. The van der Waals surface area contributed by atoms with E-state index >= 15 is 0 Å². The first kappa shape index (κ1) is 20.7. The Hall–Kier alpha value is -1.63. The predicted octanol–water partition coefficient (Wildman–Crippen LogP) is 2.50. The van der Waals surface area contributed by atoms with Crippen LogP contribution in [0.15, 0.2) is 24.3 Å². The summed E-state index contributed by atoms with van der Waals surface area (Å²) in [6, 6.07) is 7.73. The van der Waals surface area contributed by atoms with E-state index in [1.165, 1.54) is 0 Å². The number of piperazine rings is 1. The molecule has 1 aromatic carbocycles. The molecule has 1 aliphatic rings. The Labute approximate surface area is 160 Å². The lowest BCUT2D eigenvalue weighted by Crippen LogP contribution is -2.51. The number of hydrogen-bond acceptors (Lipinski definition) is 4. The molecule has 7 heteroatoms. The van der Waals surface area contributed by atoms with Crippen LogP contribution < -0.4 is 10.6 Å². The highest BCUT2D eigenvalue weighted by Crippen LogP contribution is 2.27. The van der Waals surface area contributed by atoms with Crippen molar-refractivity contribution >= 4 is 23.5 Å². The summed E-state index contributed by atoms with van der Waals surface area (Å²) in [5.41, 5.74) is 1.13. The molecular weight excluding hydrogens is 352 g/mol. The van der Waals surface area contributed by atoms with Gasteiger partial charge in [-0.25, -0.2) is 4.79 Å². The van der Waals surface area contributed by atoms with Crippen LogP contribution >= 0.6 is 11.6 Å². The molecule has 0 aliphatic carbocycles. The van der Waals surface area contributed by atoms with E-state index in [9.17, 15) is 9.59 Å². The van der Waals surface area contributed by atoms with Crippen molar-refractivity contribution < 1.29 is 9.59 Å². The monoisotopic (exact) mass is 380 g/mol. The molecule has 1 fully saturated rings. The Bertz CT molecular complexity index is 615. The number of amides is 3. The number of nitrogens with zero attached hydrogens (tertiary/aromatic N) is 2. The van der Waals surface area contributed by atoms with Crippen molar-refractivity contribution in [3.63, 3.8) is 0 Å². The lowest BCUT2D eigenvalue weighted by atomic mass is 10.1. The van der Waals surface area contributed by atoms with Crippen LogP contribution in [0.5, 0.6) is 0 Å². The summed E-state index contributed by atoms with van der Waals surface area (Å²) in [6.07, 6.45) is 0. The largest absolute Gasteiger partial charge is 0.338 e. The number of imide groups is 1. The number of hydrogen-bond donors (Lipinski definition) is 2. The van der Waals surface area contributed by atoms with E-state index in [4.69, 9.17) is 11.6 Å². The molecule has 0 aromatic heterocycles. The highest BCUT2D eigenvalue weighted by atomic mass is 35.5. The quantitative estimate of drug-likeness (QED) is 0.795. The highest BCUT2D eigenvalue weighted by molar-refractivity contribution is 6.31. The van der Waals surface area contributed by atoms with Crippen LogP contribution in [-0.2, 0) is 4.79 Å². The molecule has 1 aromatic rings. The van der Waals surface area contributed by atoms with Crippen LogP contribution in [0.25, 0.3) is 0 Å². The van der Waals surface area contributed by atoms with Crippen LogP contribution in [0.3, 0.4) is 0 Å². The van der Waals surface area contributed by atoms with Gasteiger partial charge in [0.05, 0.1) is 6.54 Å². The molecule has 2 N–H and O–H groups in total. The second-order valence-corrected chi connectivity index (χ2v) is 7.57. The predicted molar refractivity (Wildman–Crippen MR) is 104 cm³/mol. The first-order valence-corrected chi connectivity index (χ1v) is 9.53. The van der Waals surface area contributed by atoms with Gasteiger partial charge in [0.1, 0.15) is 0 Å². The van der Waals surface area contributed by atoms with Crippen molar-refractivity contribution in [2.24, 2.45) is 5.92 Å². The maximum atomic E-state index is 12.0. The van der Waals surface area contributed by atoms with Crippen molar-refractivity contribution in [2.75, 3.05) is 39.3 Å². The number of benzene rings is 1. The Morgan fingerprint density at radius 2 is 1.77 bits per heavy atom. The third-order valence-corrected chi connectivity index (χ3v) is 4.95. The lowest BCUT2D eigenvalue weighted by molar-refractivity contribution is -0.121. The molecule has 1 atom stereocenters. The number of rotatable bonds is 6. The molecule has 0 bridgehead atoms. The smallest absolute Gasteiger partial charge is 0.321 e. The molecule has 0 radical (unpaired) electrons. The SMILES string of the molecule is CC(C)CNC(=O)NC(=O)CN1CCN(C(C)c2ccccc2Cl)CC1. The minimum Gasteiger partial charge on any atom is -0.338 e. The van der Waals surface area contributed by atoms with Gasteiger partial charge in [0.2, 0.25) is 5.91 Å².